The van der Waals surface area contributed by atoms with Gasteiger partial charge in [-0.1, -0.05) is 41.9 Å². The Morgan fingerprint density at radius 3 is 2.68 bits per heavy atom. The van der Waals surface area contributed by atoms with Crippen LogP contribution < -0.4 is 15.3 Å². The fourth-order valence-electron chi connectivity index (χ4n) is 3.68. The summed E-state index contributed by atoms with van der Waals surface area (Å²) in [6.45, 7) is 1.39. The van der Waals surface area contributed by atoms with Crippen LogP contribution in [0.3, 0.4) is 0 Å². The van der Waals surface area contributed by atoms with E-state index in [1.165, 1.54) is 23.8 Å². The number of ether oxygens (including phenoxy) is 1. The molecule has 2 aliphatic rings. The van der Waals surface area contributed by atoms with Crippen molar-refractivity contribution in [1.82, 2.24) is 0 Å². The lowest BCUT2D eigenvalue weighted by Crippen LogP contribution is -3.13. The molecular formula is C20H17ClNO3+. The summed E-state index contributed by atoms with van der Waals surface area (Å²) >= 11 is 6.51. The summed E-state index contributed by atoms with van der Waals surface area (Å²) in [5.74, 6) is 0.659. The van der Waals surface area contributed by atoms with Crippen LogP contribution in [0.25, 0.3) is 22.1 Å². The van der Waals surface area contributed by atoms with Crippen LogP contribution in [0.1, 0.15) is 18.4 Å². The van der Waals surface area contributed by atoms with Crippen molar-refractivity contribution in [3.8, 4) is 16.9 Å². The van der Waals surface area contributed by atoms with Crippen LogP contribution in [0.2, 0.25) is 5.02 Å². The van der Waals surface area contributed by atoms with Gasteiger partial charge in [-0.3, -0.25) is 4.90 Å². The second-order valence-corrected chi connectivity index (χ2v) is 7.19. The summed E-state index contributed by atoms with van der Waals surface area (Å²) in [5, 5.41) is 1.43. The van der Waals surface area contributed by atoms with E-state index in [1.807, 2.05) is 36.4 Å². The van der Waals surface area contributed by atoms with Crippen LogP contribution in [0.4, 0.5) is 0 Å². The Hall–Kier alpha value is -2.30. The minimum absolute atomic E-state index is 0.352. The Morgan fingerprint density at radius 1 is 1.12 bits per heavy atom. The third kappa shape index (κ3) is 2.53. The first kappa shape index (κ1) is 15.0. The van der Waals surface area contributed by atoms with E-state index in [-0.39, 0.29) is 5.63 Å². The summed E-state index contributed by atoms with van der Waals surface area (Å²) in [7, 11) is 0. The monoisotopic (exact) mass is 354 g/mol. The highest BCUT2D eigenvalue weighted by Crippen LogP contribution is 2.39. The van der Waals surface area contributed by atoms with Gasteiger partial charge in [0.25, 0.3) is 0 Å². The zero-order valence-electron chi connectivity index (χ0n) is 13.5. The van der Waals surface area contributed by atoms with Gasteiger partial charge in [0.1, 0.15) is 6.54 Å². The van der Waals surface area contributed by atoms with Crippen molar-refractivity contribution >= 4 is 22.6 Å². The molecular weight excluding hydrogens is 338 g/mol. The second kappa shape index (κ2) is 5.61. The Morgan fingerprint density at radius 2 is 1.92 bits per heavy atom. The molecule has 0 radical (unpaired) electrons. The third-order valence-electron chi connectivity index (χ3n) is 5.08. The predicted molar refractivity (Wildman–Crippen MR) is 96.1 cm³/mol. The minimum atomic E-state index is -0.352. The number of nitrogens with one attached hydrogen (secondary N) is 1. The number of benzene rings is 2. The van der Waals surface area contributed by atoms with Crippen molar-refractivity contribution in [2.24, 2.45) is 0 Å². The summed E-state index contributed by atoms with van der Waals surface area (Å²) in [5.41, 5.74) is 2.97. The van der Waals surface area contributed by atoms with Gasteiger partial charge in [0, 0.05) is 24.3 Å². The third-order valence-corrected chi connectivity index (χ3v) is 5.36. The largest absolute Gasteiger partial charge is 0.443 e. The molecule has 2 aromatic carbocycles. The predicted octanol–water partition coefficient (Wildman–Crippen LogP) is 3.01. The molecule has 126 valence electrons. The van der Waals surface area contributed by atoms with Crippen molar-refractivity contribution in [2.45, 2.75) is 25.4 Å². The smallest absolute Gasteiger partial charge is 0.336 e. The summed E-state index contributed by atoms with van der Waals surface area (Å²) < 4.78 is 11.5. The van der Waals surface area contributed by atoms with Crippen LogP contribution in [-0.2, 0) is 6.54 Å². The minimum Gasteiger partial charge on any atom is -0.443 e. The molecule has 1 atom stereocenters. The standard InChI is InChI=1S/C20H16ClNO3/c21-17-8-15-14(12-4-2-1-3-5-12)9-18(23)25-19(15)16-10-22(13-6-7-13)11-24-20(16)17/h1-5,8-9,13H,6-7,10-11H2/p+1. The maximum absolute atomic E-state index is 12.2. The molecule has 1 unspecified atom stereocenters. The molecule has 1 aromatic heterocycles. The van der Waals surface area contributed by atoms with Gasteiger partial charge in [-0.05, 0) is 17.2 Å². The van der Waals surface area contributed by atoms with E-state index in [1.54, 1.807) is 0 Å². The zero-order chi connectivity index (χ0) is 17.0. The van der Waals surface area contributed by atoms with Crippen LogP contribution in [0, 0.1) is 0 Å². The lowest BCUT2D eigenvalue weighted by molar-refractivity contribution is -0.943. The lowest BCUT2D eigenvalue weighted by atomic mass is 9.99. The molecule has 1 aliphatic carbocycles. The van der Waals surface area contributed by atoms with E-state index < -0.39 is 0 Å². The fourth-order valence-corrected chi connectivity index (χ4v) is 3.96. The molecule has 0 spiro atoms. The van der Waals surface area contributed by atoms with Crippen LogP contribution in [0.15, 0.2) is 51.7 Å². The average molecular weight is 355 g/mol. The topological polar surface area (TPSA) is 43.9 Å². The van der Waals surface area contributed by atoms with E-state index in [0.29, 0.717) is 29.1 Å². The Balaban J connectivity index is 1.77. The number of halogens is 1. The molecule has 5 rings (SSSR count). The van der Waals surface area contributed by atoms with Gasteiger partial charge in [0.05, 0.1) is 16.6 Å². The summed E-state index contributed by atoms with van der Waals surface area (Å²) in [6.07, 6.45) is 2.46. The van der Waals surface area contributed by atoms with Gasteiger partial charge in [-0.15, -0.1) is 0 Å². The van der Waals surface area contributed by atoms with Gasteiger partial charge in [-0.25, -0.2) is 4.79 Å². The number of fused-ring (bicyclic) bond motifs is 3. The Labute approximate surface area is 149 Å². The van der Waals surface area contributed by atoms with Crippen molar-refractivity contribution in [3.63, 3.8) is 0 Å². The van der Waals surface area contributed by atoms with Crippen molar-refractivity contribution in [2.75, 3.05) is 6.73 Å². The van der Waals surface area contributed by atoms with Gasteiger partial charge in [0.2, 0.25) is 6.73 Å². The molecule has 25 heavy (non-hydrogen) atoms. The summed E-state index contributed by atoms with van der Waals surface area (Å²) in [6, 6.07) is 13.9. The molecule has 2 heterocycles. The molecule has 0 amide bonds. The fraction of sp³-hybridized carbons (Fsp3) is 0.250. The highest BCUT2D eigenvalue weighted by Gasteiger charge is 2.38. The average Bonchev–Trinajstić information content (AvgIpc) is 3.48. The Bertz CT molecular complexity index is 1020. The van der Waals surface area contributed by atoms with Gasteiger partial charge < -0.3 is 9.15 Å². The van der Waals surface area contributed by atoms with Crippen LogP contribution in [0.5, 0.6) is 5.75 Å². The van der Waals surface area contributed by atoms with E-state index in [9.17, 15) is 4.79 Å². The molecule has 1 fully saturated rings. The van der Waals surface area contributed by atoms with E-state index in [0.717, 1.165) is 28.6 Å². The quantitative estimate of drug-likeness (QED) is 0.719. The van der Waals surface area contributed by atoms with Crippen LogP contribution >= 0.6 is 11.6 Å². The molecule has 0 saturated heterocycles. The van der Waals surface area contributed by atoms with Crippen LogP contribution in [-0.4, -0.2) is 12.8 Å². The van der Waals surface area contributed by atoms with Crippen molar-refractivity contribution in [3.05, 3.63) is 63.5 Å². The number of hydrogen-bond acceptors (Lipinski definition) is 3. The van der Waals surface area contributed by atoms with E-state index >= 15 is 0 Å². The first-order valence-electron chi connectivity index (χ1n) is 8.53. The van der Waals surface area contributed by atoms with Gasteiger partial charge in [-0.2, -0.15) is 0 Å². The highest BCUT2D eigenvalue weighted by atomic mass is 35.5. The van der Waals surface area contributed by atoms with Crippen molar-refractivity contribution < 1.29 is 14.1 Å². The number of hydrogen-bond donors (Lipinski definition) is 1. The van der Waals surface area contributed by atoms with Crippen molar-refractivity contribution in [1.29, 1.82) is 0 Å². The van der Waals surface area contributed by atoms with E-state index in [2.05, 4.69) is 0 Å². The zero-order valence-corrected chi connectivity index (χ0v) is 14.3. The molecule has 0 bridgehead atoms. The number of rotatable bonds is 2. The normalized spacial score (nSPS) is 19.5. The first-order valence-corrected chi connectivity index (χ1v) is 8.90. The maximum atomic E-state index is 12.2. The van der Waals surface area contributed by atoms with E-state index in [4.69, 9.17) is 20.8 Å². The molecule has 4 nitrogen and oxygen atoms in total. The van der Waals surface area contributed by atoms with Gasteiger partial charge in [0.15, 0.2) is 11.3 Å². The van der Waals surface area contributed by atoms with Gasteiger partial charge >= 0.3 is 5.63 Å². The maximum Gasteiger partial charge on any atom is 0.336 e. The number of quaternary nitrogens is 1. The molecule has 1 aliphatic heterocycles. The molecule has 5 heteroatoms. The molecule has 1 N–H and O–H groups in total. The molecule has 1 saturated carbocycles. The first-order chi connectivity index (χ1) is 12.2. The lowest BCUT2D eigenvalue weighted by Gasteiger charge is -2.27. The molecule has 3 aromatic rings. The second-order valence-electron chi connectivity index (χ2n) is 6.79. The summed E-state index contributed by atoms with van der Waals surface area (Å²) in [4.78, 5) is 13.6. The highest BCUT2D eigenvalue weighted by molar-refractivity contribution is 6.33. The SMILES string of the molecule is O=c1cc(-c2ccccc2)c2cc(Cl)c3c(c2o1)C[NH+](C1CC1)CO3. The Kier molecular flexibility index (Phi) is 3.37.